The first-order valence-corrected chi connectivity index (χ1v) is 8.65. The largest absolute Gasteiger partial charge is 0.309 e. The van der Waals surface area contributed by atoms with E-state index in [4.69, 9.17) is 0 Å². The first-order chi connectivity index (χ1) is 9.38. The topological polar surface area (TPSA) is 12.0 Å². The smallest absolute Gasteiger partial charge is 0.0601 e. The van der Waals surface area contributed by atoms with Gasteiger partial charge in [-0.3, -0.25) is 0 Å². The summed E-state index contributed by atoms with van der Waals surface area (Å²) in [6, 6.07) is 13.8. The van der Waals surface area contributed by atoms with Crippen molar-refractivity contribution in [3.63, 3.8) is 0 Å². The number of thioether (sulfide) groups is 1. The van der Waals surface area contributed by atoms with Gasteiger partial charge < -0.3 is 5.32 Å². The molecule has 0 radical (unpaired) electrons. The molecule has 1 heterocycles. The van der Waals surface area contributed by atoms with Gasteiger partial charge in [-0.05, 0) is 42.0 Å². The standard InChI is InChI=1S/C16H19NS2/c1-2-17-16-13-7-4-3-6-12(13)9-10-14(16)19-15-8-5-11-18-15/h3-8,11,14,16-17H,2,9-10H2,1H3. The average Bonchev–Trinajstić information content (AvgIpc) is 2.94. The maximum Gasteiger partial charge on any atom is 0.0601 e. The van der Waals surface area contributed by atoms with E-state index in [1.54, 1.807) is 0 Å². The molecule has 0 bridgehead atoms. The summed E-state index contributed by atoms with van der Waals surface area (Å²) in [5, 5.41) is 6.50. The molecule has 1 aliphatic rings. The lowest BCUT2D eigenvalue weighted by molar-refractivity contribution is 0.484. The van der Waals surface area contributed by atoms with Crippen LogP contribution in [-0.2, 0) is 6.42 Å². The summed E-state index contributed by atoms with van der Waals surface area (Å²) in [6.45, 7) is 3.23. The highest BCUT2D eigenvalue weighted by Gasteiger charge is 2.29. The molecule has 1 nitrogen and oxygen atoms in total. The average molecular weight is 289 g/mol. The molecule has 0 saturated heterocycles. The molecule has 1 N–H and O–H groups in total. The summed E-state index contributed by atoms with van der Waals surface area (Å²) in [5.74, 6) is 0. The summed E-state index contributed by atoms with van der Waals surface area (Å²) >= 11 is 3.89. The van der Waals surface area contributed by atoms with Crippen LogP contribution in [0.2, 0.25) is 0 Å². The zero-order chi connectivity index (χ0) is 13.1. The molecule has 2 atom stereocenters. The van der Waals surface area contributed by atoms with E-state index in [0.717, 1.165) is 6.54 Å². The molecule has 0 saturated carbocycles. The molecule has 0 spiro atoms. The van der Waals surface area contributed by atoms with Crippen LogP contribution in [0.1, 0.15) is 30.5 Å². The van der Waals surface area contributed by atoms with E-state index in [-0.39, 0.29) is 0 Å². The normalized spacial score (nSPS) is 22.2. The Morgan fingerprint density at radius 3 is 2.95 bits per heavy atom. The number of benzene rings is 1. The fourth-order valence-corrected chi connectivity index (χ4v) is 5.08. The highest BCUT2D eigenvalue weighted by Crippen LogP contribution is 2.41. The predicted molar refractivity (Wildman–Crippen MR) is 85.1 cm³/mol. The van der Waals surface area contributed by atoms with Gasteiger partial charge in [0.2, 0.25) is 0 Å². The number of hydrogen-bond donors (Lipinski definition) is 1. The van der Waals surface area contributed by atoms with Gasteiger partial charge in [0, 0.05) is 11.3 Å². The van der Waals surface area contributed by atoms with Crippen molar-refractivity contribution in [2.45, 2.75) is 35.3 Å². The molecule has 3 heteroatoms. The monoisotopic (exact) mass is 289 g/mol. The molecule has 19 heavy (non-hydrogen) atoms. The Kier molecular flexibility index (Phi) is 4.26. The van der Waals surface area contributed by atoms with Gasteiger partial charge in [-0.1, -0.05) is 37.3 Å². The van der Waals surface area contributed by atoms with Crippen LogP contribution < -0.4 is 5.32 Å². The zero-order valence-electron chi connectivity index (χ0n) is 11.1. The molecule has 2 unspecified atom stereocenters. The van der Waals surface area contributed by atoms with Crippen molar-refractivity contribution < 1.29 is 0 Å². The maximum absolute atomic E-state index is 3.69. The molecular weight excluding hydrogens is 270 g/mol. The number of aryl methyl sites for hydroxylation is 1. The predicted octanol–water partition coefficient (Wildman–Crippen LogP) is 4.51. The molecule has 0 aliphatic heterocycles. The minimum atomic E-state index is 0.488. The first-order valence-electron chi connectivity index (χ1n) is 6.90. The Morgan fingerprint density at radius 2 is 2.16 bits per heavy atom. The Bertz CT molecular complexity index is 521. The Morgan fingerprint density at radius 1 is 1.26 bits per heavy atom. The van der Waals surface area contributed by atoms with Crippen LogP contribution in [-0.4, -0.2) is 11.8 Å². The van der Waals surface area contributed by atoms with Gasteiger partial charge in [-0.15, -0.1) is 23.1 Å². The van der Waals surface area contributed by atoms with Crippen LogP contribution in [0.15, 0.2) is 46.0 Å². The fourth-order valence-electron chi connectivity index (χ4n) is 2.80. The summed E-state index contributed by atoms with van der Waals surface area (Å²) in [7, 11) is 0. The molecule has 2 aromatic rings. The van der Waals surface area contributed by atoms with Crippen LogP contribution in [0, 0.1) is 0 Å². The van der Waals surface area contributed by atoms with E-state index < -0.39 is 0 Å². The highest BCUT2D eigenvalue weighted by molar-refractivity contribution is 8.01. The Hall–Kier alpha value is -0.770. The summed E-state index contributed by atoms with van der Waals surface area (Å²) in [5.41, 5.74) is 3.03. The maximum atomic E-state index is 3.69. The van der Waals surface area contributed by atoms with Crippen LogP contribution in [0.25, 0.3) is 0 Å². The number of fused-ring (bicyclic) bond motifs is 1. The number of hydrogen-bond acceptors (Lipinski definition) is 3. The lowest BCUT2D eigenvalue weighted by Crippen LogP contribution is -2.34. The zero-order valence-corrected chi connectivity index (χ0v) is 12.8. The lowest BCUT2D eigenvalue weighted by atomic mass is 9.87. The van der Waals surface area contributed by atoms with E-state index in [0.29, 0.717) is 11.3 Å². The lowest BCUT2D eigenvalue weighted by Gasteiger charge is -2.33. The molecule has 0 amide bonds. The molecule has 100 valence electrons. The third-order valence-electron chi connectivity index (χ3n) is 3.65. The van der Waals surface area contributed by atoms with E-state index in [9.17, 15) is 0 Å². The van der Waals surface area contributed by atoms with Crippen molar-refractivity contribution in [1.29, 1.82) is 0 Å². The van der Waals surface area contributed by atoms with Gasteiger partial charge in [0.1, 0.15) is 0 Å². The first kappa shape index (κ1) is 13.2. The second-order valence-electron chi connectivity index (χ2n) is 4.86. The number of nitrogens with one attached hydrogen (secondary N) is 1. The molecule has 1 aromatic heterocycles. The van der Waals surface area contributed by atoms with Gasteiger partial charge in [0.25, 0.3) is 0 Å². The van der Waals surface area contributed by atoms with Gasteiger partial charge in [-0.25, -0.2) is 0 Å². The molecule has 1 aromatic carbocycles. The molecular formula is C16H19NS2. The molecule has 1 aliphatic carbocycles. The van der Waals surface area contributed by atoms with Crippen LogP contribution >= 0.6 is 23.1 Å². The third kappa shape index (κ3) is 2.88. The summed E-state index contributed by atoms with van der Waals surface area (Å²) < 4.78 is 1.44. The highest BCUT2D eigenvalue weighted by atomic mass is 32.2. The van der Waals surface area contributed by atoms with Gasteiger partial charge >= 0.3 is 0 Å². The van der Waals surface area contributed by atoms with E-state index >= 15 is 0 Å². The minimum Gasteiger partial charge on any atom is -0.309 e. The Balaban J connectivity index is 1.85. The summed E-state index contributed by atoms with van der Waals surface area (Å²) in [4.78, 5) is 0. The molecule has 0 fully saturated rings. The Labute approximate surface area is 123 Å². The number of rotatable bonds is 4. The summed E-state index contributed by atoms with van der Waals surface area (Å²) in [6.07, 6.45) is 2.47. The van der Waals surface area contributed by atoms with Crippen molar-refractivity contribution in [2.24, 2.45) is 0 Å². The number of thiophene rings is 1. The van der Waals surface area contributed by atoms with Gasteiger partial charge in [-0.2, -0.15) is 0 Å². The van der Waals surface area contributed by atoms with Crippen molar-refractivity contribution in [2.75, 3.05) is 6.54 Å². The van der Waals surface area contributed by atoms with Crippen molar-refractivity contribution in [1.82, 2.24) is 5.32 Å². The van der Waals surface area contributed by atoms with E-state index in [2.05, 4.69) is 54.0 Å². The second-order valence-corrected chi connectivity index (χ2v) is 7.35. The van der Waals surface area contributed by atoms with Crippen molar-refractivity contribution >= 4 is 23.1 Å². The third-order valence-corrected chi connectivity index (χ3v) is 6.06. The van der Waals surface area contributed by atoms with Crippen LogP contribution in [0.4, 0.5) is 0 Å². The van der Waals surface area contributed by atoms with Gasteiger partial charge in [0.15, 0.2) is 0 Å². The van der Waals surface area contributed by atoms with Crippen LogP contribution in [0.5, 0.6) is 0 Å². The van der Waals surface area contributed by atoms with Crippen molar-refractivity contribution in [3.05, 3.63) is 52.9 Å². The van der Waals surface area contributed by atoms with Crippen molar-refractivity contribution in [3.8, 4) is 0 Å². The fraction of sp³-hybridized carbons (Fsp3) is 0.375. The quantitative estimate of drug-likeness (QED) is 0.889. The van der Waals surface area contributed by atoms with Gasteiger partial charge in [0.05, 0.1) is 4.21 Å². The van der Waals surface area contributed by atoms with E-state index in [1.165, 1.54) is 28.2 Å². The SMILES string of the molecule is CCNC1c2ccccc2CCC1Sc1cccs1. The second kappa shape index (κ2) is 6.12. The molecule has 3 rings (SSSR count). The van der Waals surface area contributed by atoms with E-state index in [1.807, 2.05) is 23.1 Å². The van der Waals surface area contributed by atoms with Crippen LogP contribution in [0.3, 0.4) is 0 Å². The minimum absolute atomic E-state index is 0.488.